The van der Waals surface area contributed by atoms with Crippen LogP contribution in [0.5, 0.6) is 0 Å². The zero-order chi connectivity index (χ0) is 16.5. The van der Waals surface area contributed by atoms with E-state index in [4.69, 9.17) is 12.2 Å². The van der Waals surface area contributed by atoms with Gasteiger partial charge in [-0.3, -0.25) is 9.69 Å². The first-order chi connectivity index (χ1) is 11.7. The molecule has 1 aliphatic heterocycles. The van der Waals surface area contributed by atoms with Gasteiger partial charge in [0.15, 0.2) is 5.11 Å². The number of nitrogens with one attached hydrogen (secondary N) is 1. The summed E-state index contributed by atoms with van der Waals surface area (Å²) in [6.07, 6.45) is 6.08. The van der Waals surface area contributed by atoms with Gasteiger partial charge in [0.25, 0.3) is 0 Å². The lowest BCUT2D eigenvalue weighted by atomic mass is 9.82. The molecule has 4 rings (SSSR count). The maximum Gasteiger partial charge on any atom is 0.234 e. The molecule has 7 heteroatoms. The molecule has 24 heavy (non-hydrogen) atoms. The van der Waals surface area contributed by atoms with Crippen molar-refractivity contribution >= 4 is 23.2 Å². The SMILES string of the molecule is O=C1C2CCCCC2NC(=S)N1Cc1cn(-c2ccccc2)nn1. The molecule has 2 unspecified atom stereocenters. The predicted octanol–water partition coefficient (Wildman–Crippen LogP) is 2.04. The van der Waals surface area contributed by atoms with Crippen LogP contribution in [-0.4, -0.2) is 37.0 Å². The smallest absolute Gasteiger partial charge is 0.234 e. The number of hydrogen-bond donors (Lipinski definition) is 1. The van der Waals surface area contributed by atoms with Crippen LogP contribution < -0.4 is 5.32 Å². The van der Waals surface area contributed by atoms with Crippen molar-refractivity contribution in [1.82, 2.24) is 25.2 Å². The van der Waals surface area contributed by atoms with Gasteiger partial charge in [0, 0.05) is 6.04 Å². The molecule has 1 aromatic carbocycles. The van der Waals surface area contributed by atoms with Crippen LogP contribution in [0.1, 0.15) is 31.4 Å². The molecule has 1 amide bonds. The lowest BCUT2D eigenvalue weighted by Gasteiger charge is -2.41. The van der Waals surface area contributed by atoms with Crippen LogP contribution in [0, 0.1) is 5.92 Å². The lowest BCUT2D eigenvalue weighted by Crippen LogP contribution is -2.60. The van der Waals surface area contributed by atoms with Crippen molar-refractivity contribution in [1.29, 1.82) is 0 Å². The highest BCUT2D eigenvalue weighted by molar-refractivity contribution is 7.80. The Bertz CT molecular complexity index is 759. The van der Waals surface area contributed by atoms with Gasteiger partial charge in [0.05, 0.1) is 24.3 Å². The van der Waals surface area contributed by atoms with E-state index in [1.165, 1.54) is 0 Å². The first-order valence-electron chi connectivity index (χ1n) is 8.31. The normalized spacial score (nSPS) is 23.8. The zero-order valence-electron chi connectivity index (χ0n) is 13.3. The Morgan fingerprint density at radius 3 is 2.83 bits per heavy atom. The fraction of sp³-hybridized carbons (Fsp3) is 0.412. The van der Waals surface area contributed by atoms with Crippen molar-refractivity contribution in [2.24, 2.45) is 5.92 Å². The summed E-state index contributed by atoms with van der Waals surface area (Å²) in [5.74, 6) is 0.160. The molecule has 2 heterocycles. The number of benzene rings is 1. The summed E-state index contributed by atoms with van der Waals surface area (Å²) in [7, 11) is 0. The van der Waals surface area contributed by atoms with Gasteiger partial charge in [-0.2, -0.15) is 0 Å². The summed E-state index contributed by atoms with van der Waals surface area (Å²) < 4.78 is 1.71. The summed E-state index contributed by atoms with van der Waals surface area (Å²) in [5, 5.41) is 12.2. The van der Waals surface area contributed by atoms with Crippen molar-refractivity contribution in [3.8, 4) is 5.69 Å². The van der Waals surface area contributed by atoms with E-state index >= 15 is 0 Å². The molecule has 0 radical (unpaired) electrons. The lowest BCUT2D eigenvalue weighted by molar-refractivity contribution is -0.135. The highest BCUT2D eigenvalue weighted by Crippen LogP contribution is 2.29. The number of fused-ring (bicyclic) bond motifs is 1. The van der Waals surface area contributed by atoms with Crippen molar-refractivity contribution in [2.45, 2.75) is 38.3 Å². The summed E-state index contributed by atoms with van der Waals surface area (Å²) in [6.45, 7) is 0.362. The molecule has 6 nitrogen and oxygen atoms in total. The number of nitrogens with zero attached hydrogens (tertiary/aromatic N) is 4. The molecular weight excluding hydrogens is 322 g/mol. The molecule has 1 saturated heterocycles. The fourth-order valence-corrected chi connectivity index (χ4v) is 3.83. The molecule has 2 aliphatic rings. The number of para-hydroxylation sites is 1. The van der Waals surface area contributed by atoms with Crippen molar-refractivity contribution < 1.29 is 4.79 Å². The molecule has 2 aromatic rings. The van der Waals surface area contributed by atoms with Gasteiger partial charge in [-0.05, 0) is 37.2 Å². The largest absolute Gasteiger partial charge is 0.359 e. The van der Waals surface area contributed by atoms with E-state index in [9.17, 15) is 4.79 Å². The molecule has 0 spiro atoms. The molecule has 2 fully saturated rings. The van der Waals surface area contributed by atoms with Crippen LogP contribution in [0.3, 0.4) is 0 Å². The minimum Gasteiger partial charge on any atom is -0.359 e. The van der Waals surface area contributed by atoms with E-state index < -0.39 is 0 Å². The number of hydrogen-bond acceptors (Lipinski definition) is 4. The molecule has 1 N–H and O–H groups in total. The predicted molar refractivity (Wildman–Crippen MR) is 93.4 cm³/mol. The van der Waals surface area contributed by atoms with Crippen LogP contribution in [0.4, 0.5) is 0 Å². The van der Waals surface area contributed by atoms with E-state index in [0.717, 1.165) is 37.1 Å². The molecule has 1 aliphatic carbocycles. The highest BCUT2D eigenvalue weighted by atomic mass is 32.1. The Kier molecular flexibility index (Phi) is 4.02. The van der Waals surface area contributed by atoms with Crippen LogP contribution in [0.2, 0.25) is 0 Å². The van der Waals surface area contributed by atoms with Crippen molar-refractivity contribution in [2.75, 3.05) is 0 Å². The number of aromatic nitrogens is 3. The van der Waals surface area contributed by atoms with Gasteiger partial charge in [-0.15, -0.1) is 5.10 Å². The highest BCUT2D eigenvalue weighted by Gasteiger charge is 2.40. The van der Waals surface area contributed by atoms with Crippen LogP contribution in [-0.2, 0) is 11.3 Å². The molecular formula is C17H19N5OS. The summed E-state index contributed by atoms with van der Waals surface area (Å²) >= 11 is 5.41. The van der Waals surface area contributed by atoms with Crippen LogP contribution in [0.15, 0.2) is 36.5 Å². The maximum atomic E-state index is 12.8. The third-order valence-electron chi connectivity index (χ3n) is 4.78. The Hall–Kier alpha value is -2.28. The summed E-state index contributed by atoms with van der Waals surface area (Å²) in [5.41, 5.74) is 1.67. The number of carbonyl (C=O) groups is 1. The zero-order valence-corrected chi connectivity index (χ0v) is 14.1. The second-order valence-corrected chi connectivity index (χ2v) is 6.75. The van der Waals surface area contributed by atoms with Crippen molar-refractivity contribution in [3.63, 3.8) is 0 Å². The van der Waals surface area contributed by atoms with E-state index in [1.807, 2.05) is 36.5 Å². The number of thiocarbonyl (C=S) groups is 1. The topological polar surface area (TPSA) is 63.1 Å². The minimum atomic E-state index is 0.0367. The number of rotatable bonds is 3. The average molecular weight is 341 g/mol. The fourth-order valence-electron chi connectivity index (χ4n) is 3.53. The number of carbonyl (C=O) groups excluding carboxylic acids is 1. The van der Waals surface area contributed by atoms with Gasteiger partial charge >= 0.3 is 0 Å². The van der Waals surface area contributed by atoms with Gasteiger partial charge in [-0.1, -0.05) is 36.3 Å². The van der Waals surface area contributed by atoms with E-state index in [0.29, 0.717) is 11.7 Å². The van der Waals surface area contributed by atoms with Gasteiger partial charge in [0.2, 0.25) is 5.91 Å². The van der Waals surface area contributed by atoms with Gasteiger partial charge in [-0.25, -0.2) is 4.68 Å². The molecule has 1 saturated carbocycles. The first-order valence-corrected chi connectivity index (χ1v) is 8.72. The molecule has 124 valence electrons. The van der Waals surface area contributed by atoms with E-state index in [1.54, 1.807) is 9.58 Å². The Balaban J connectivity index is 1.51. The monoisotopic (exact) mass is 341 g/mol. The maximum absolute atomic E-state index is 12.8. The standard InChI is InChI=1S/C17H19N5OS/c23-16-14-8-4-5-9-15(14)18-17(24)21(16)10-12-11-22(20-19-12)13-6-2-1-3-7-13/h1-3,6-7,11,14-15H,4-5,8-10H2,(H,18,24). The Morgan fingerprint density at radius 1 is 1.21 bits per heavy atom. The van der Waals surface area contributed by atoms with E-state index in [-0.39, 0.29) is 17.9 Å². The number of amides is 1. The minimum absolute atomic E-state index is 0.0367. The first kappa shape index (κ1) is 15.3. The Morgan fingerprint density at radius 2 is 2.00 bits per heavy atom. The molecule has 2 atom stereocenters. The van der Waals surface area contributed by atoms with Gasteiger partial charge < -0.3 is 5.32 Å². The third kappa shape index (κ3) is 2.80. The molecule has 1 aromatic heterocycles. The molecule has 0 bridgehead atoms. The van der Waals surface area contributed by atoms with Gasteiger partial charge in [0.1, 0.15) is 5.69 Å². The average Bonchev–Trinajstić information content (AvgIpc) is 3.08. The van der Waals surface area contributed by atoms with Crippen LogP contribution >= 0.6 is 12.2 Å². The van der Waals surface area contributed by atoms with E-state index in [2.05, 4.69) is 15.6 Å². The quantitative estimate of drug-likeness (QED) is 0.866. The summed E-state index contributed by atoms with van der Waals surface area (Å²) in [4.78, 5) is 14.4. The summed E-state index contributed by atoms with van der Waals surface area (Å²) in [6, 6.07) is 9.99. The Labute approximate surface area is 145 Å². The van der Waals surface area contributed by atoms with Crippen LogP contribution in [0.25, 0.3) is 5.69 Å². The third-order valence-corrected chi connectivity index (χ3v) is 5.12. The van der Waals surface area contributed by atoms with Crippen molar-refractivity contribution in [3.05, 3.63) is 42.2 Å². The second-order valence-electron chi connectivity index (χ2n) is 6.36. The second kappa shape index (κ2) is 6.32.